The normalized spacial score (nSPS) is 12.9. The number of nitrogens with zero attached hydrogens (tertiary/aromatic N) is 4. The number of benzene rings is 2. The first-order valence-corrected chi connectivity index (χ1v) is 10.1. The standard InChI is InChI=1S/C21H20N6OS/c1-11-4-6-14-16(8-11)29-17-9-13(5-7-15(17)26(14)3)10-27-20-18(25-21(27)28)19(22)23-12(2)24-20/h4-9H,10H2,1-3H3,(H,25,28)(H2,22,23,24). The summed E-state index contributed by atoms with van der Waals surface area (Å²) in [6.07, 6.45) is 0. The van der Waals surface area contributed by atoms with Crippen molar-refractivity contribution in [3.05, 3.63) is 63.8 Å². The summed E-state index contributed by atoms with van der Waals surface area (Å²) >= 11 is 1.76. The van der Waals surface area contributed by atoms with Crippen LogP contribution in [0.5, 0.6) is 0 Å². The Labute approximate surface area is 171 Å². The van der Waals surface area contributed by atoms with E-state index in [2.05, 4.69) is 70.2 Å². The number of hydrogen-bond donors (Lipinski definition) is 2. The predicted molar refractivity (Wildman–Crippen MR) is 116 cm³/mol. The van der Waals surface area contributed by atoms with Gasteiger partial charge in [0.05, 0.1) is 17.9 Å². The Kier molecular flexibility index (Phi) is 3.92. The van der Waals surface area contributed by atoms with Gasteiger partial charge in [0.2, 0.25) is 0 Å². The van der Waals surface area contributed by atoms with E-state index in [9.17, 15) is 4.79 Å². The van der Waals surface area contributed by atoms with Gasteiger partial charge in [-0.2, -0.15) is 0 Å². The molecule has 0 saturated heterocycles. The minimum absolute atomic E-state index is 0.241. The fraction of sp³-hybridized carbons (Fsp3) is 0.190. The largest absolute Gasteiger partial charge is 0.382 e. The molecule has 2 aromatic carbocycles. The lowest BCUT2D eigenvalue weighted by molar-refractivity contribution is 0.773. The number of H-pyrrole nitrogens is 1. The minimum atomic E-state index is -0.241. The highest BCUT2D eigenvalue weighted by molar-refractivity contribution is 7.99. The molecule has 2 aromatic heterocycles. The van der Waals surface area contributed by atoms with Crippen molar-refractivity contribution in [2.75, 3.05) is 17.7 Å². The molecule has 3 heterocycles. The van der Waals surface area contributed by atoms with Crippen molar-refractivity contribution in [1.29, 1.82) is 0 Å². The second-order valence-corrected chi connectivity index (χ2v) is 8.39. The molecule has 0 fully saturated rings. The Hall–Kier alpha value is -3.26. The van der Waals surface area contributed by atoms with Crippen LogP contribution >= 0.6 is 11.8 Å². The van der Waals surface area contributed by atoms with E-state index < -0.39 is 0 Å². The third-order valence-electron chi connectivity index (χ3n) is 5.19. The third kappa shape index (κ3) is 2.87. The van der Waals surface area contributed by atoms with E-state index in [0.29, 0.717) is 23.5 Å². The number of aromatic amines is 1. The van der Waals surface area contributed by atoms with Crippen LogP contribution in [-0.2, 0) is 6.54 Å². The van der Waals surface area contributed by atoms with Gasteiger partial charge in [0.15, 0.2) is 11.5 Å². The van der Waals surface area contributed by atoms with Gasteiger partial charge in [0, 0.05) is 16.8 Å². The van der Waals surface area contributed by atoms with Crippen LogP contribution in [0.15, 0.2) is 51.0 Å². The van der Waals surface area contributed by atoms with E-state index in [1.54, 1.807) is 23.3 Å². The van der Waals surface area contributed by atoms with Crippen molar-refractivity contribution in [1.82, 2.24) is 19.5 Å². The number of aryl methyl sites for hydroxylation is 2. The molecule has 1 aliphatic rings. The fourth-order valence-electron chi connectivity index (χ4n) is 3.74. The van der Waals surface area contributed by atoms with E-state index in [-0.39, 0.29) is 11.5 Å². The van der Waals surface area contributed by atoms with E-state index in [0.717, 1.165) is 11.3 Å². The molecule has 0 radical (unpaired) electrons. The third-order valence-corrected chi connectivity index (χ3v) is 6.28. The molecule has 1 aliphatic heterocycles. The maximum Gasteiger partial charge on any atom is 0.328 e. The first-order chi connectivity index (χ1) is 13.9. The van der Waals surface area contributed by atoms with Crippen LogP contribution in [-0.4, -0.2) is 26.6 Å². The lowest BCUT2D eigenvalue weighted by Gasteiger charge is -2.30. The summed E-state index contributed by atoms with van der Waals surface area (Å²) in [6.45, 7) is 4.28. The van der Waals surface area contributed by atoms with Crippen LogP contribution < -0.4 is 16.3 Å². The van der Waals surface area contributed by atoms with Crippen LogP contribution in [0.25, 0.3) is 11.2 Å². The number of nitrogens with one attached hydrogen (secondary N) is 1. The number of aromatic nitrogens is 4. The maximum atomic E-state index is 12.5. The molecular weight excluding hydrogens is 384 g/mol. The molecule has 4 aromatic rings. The molecule has 0 amide bonds. The number of anilines is 3. The Bertz CT molecular complexity index is 1340. The van der Waals surface area contributed by atoms with E-state index in [1.165, 1.54) is 21.0 Å². The van der Waals surface area contributed by atoms with Crippen LogP contribution in [0, 0.1) is 13.8 Å². The number of imidazole rings is 1. The van der Waals surface area contributed by atoms with Gasteiger partial charge in [0.1, 0.15) is 11.3 Å². The lowest BCUT2D eigenvalue weighted by atomic mass is 10.1. The Morgan fingerprint density at radius 2 is 1.79 bits per heavy atom. The summed E-state index contributed by atoms with van der Waals surface area (Å²) in [5, 5.41) is 0. The van der Waals surface area contributed by atoms with Gasteiger partial charge in [-0.3, -0.25) is 4.57 Å². The van der Waals surface area contributed by atoms with Crippen LogP contribution in [0.2, 0.25) is 0 Å². The van der Waals surface area contributed by atoms with Crippen LogP contribution in [0.3, 0.4) is 0 Å². The summed E-state index contributed by atoms with van der Waals surface area (Å²) in [6, 6.07) is 12.8. The average Bonchev–Trinajstić information content (AvgIpc) is 2.97. The Balaban J connectivity index is 1.56. The molecule has 0 aliphatic carbocycles. The number of nitrogen functional groups attached to an aromatic ring is 1. The summed E-state index contributed by atoms with van der Waals surface area (Å²) in [7, 11) is 2.08. The number of rotatable bonds is 2. The van der Waals surface area contributed by atoms with Gasteiger partial charge < -0.3 is 15.6 Å². The predicted octanol–water partition coefficient (Wildman–Crippen LogP) is 3.60. The van der Waals surface area contributed by atoms with Crippen LogP contribution in [0.1, 0.15) is 17.0 Å². The van der Waals surface area contributed by atoms with Gasteiger partial charge in [0.25, 0.3) is 0 Å². The fourth-order valence-corrected chi connectivity index (χ4v) is 5.05. The average molecular weight is 404 g/mol. The SMILES string of the molecule is Cc1ccc2c(c1)Sc1cc(Cn3c(=O)[nH]c4c(N)nc(C)nc43)ccc1N2C. The maximum absolute atomic E-state index is 12.5. The molecule has 0 unspecified atom stereocenters. The molecule has 0 spiro atoms. The van der Waals surface area contributed by atoms with Crippen molar-refractivity contribution < 1.29 is 0 Å². The summed E-state index contributed by atoms with van der Waals surface area (Å²) in [4.78, 5) is 28.5. The zero-order valence-corrected chi connectivity index (χ0v) is 17.2. The number of fused-ring (bicyclic) bond motifs is 3. The first-order valence-electron chi connectivity index (χ1n) is 9.28. The van der Waals surface area contributed by atoms with E-state index in [4.69, 9.17) is 5.73 Å². The molecular formula is C21H20N6OS. The highest BCUT2D eigenvalue weighted by Gasteiger charge is 2.21. The van der Waals surface area contributed by atoms with Crippen molar-refractivity contribution in [3.8, 4) is 0 Å². The van der Waals surface area contributed by atoms with Crippen molar-refractivity contribution in [2.24, 2.45) is 0 Å². The molecule has 0 atom stereocenters. The van der Waals surface area contributed by atoms with E-state index in [1.807, 2.05) is 0 Å². The second-order valence-electron chi connectivity index (χ2n) is 7.31. The molecule has 0 saturated carbocycles. The molecule has 29 heavy (non-hydrogen) atoms. The molecule has 8 heteroatoms. The summed E-state index contributed by atoms with van der Waals surface area (Å²) < 4.78 is 1.61. The van der Waals surface area contributed by atoms with Gasteiger partial charge in [-0.25, -0.2) is 14.8 Å². The molecule has 0 bridgehead atoms. The van der Waals surface area contributed by atoms with Gasteiger partial charge in [-0.05, 0) is 49.2 Å². The van der Waals surface area contributed by atoms with Crippen molar-refractivity contribution in [3.63, 3.8) is 0 Å². The molecule has 3 N–H and O–H groups in total. The number of hydrogen-bond acceptors (Lipinski definition) is 6. The highest BCUT2D eigenvalue weighted by Crippen LogP contribution is 2.47. The highest BCUT2D eigenvalue weighted by atomic mass is 32.2. The Morgan fingerprint density at radius 3 is 2.59 bits per heavy atom. The van der Waals surface area contributed by atoms with E-state index >= 15 is 0 Å². The lowest BCUT2D eigenvalue weighted by Crippen LogP contribution is -2.18. The quantitative estimate of drug-likeness (QED) is 0.530. The zero-order chi connectivity index (χ0) is 20.3. The minimum Gasteiger partial charge on any atom is -0.382 e. The summed E-state index contributed by atoms with van der Waals surface area (Å²) in [5.41, 5.74) is 11.4. The second kappa shape index (κ2) is 6.38. The smallest absolute Gasteiger partial charge is 0.328 e. The molecule has 5 rings (SSSR count). The van der Waals surface area contributed by atoms with Gasteiger partial charge in [-0.1, -0.05) is 23.9 Å². The molecule has 146 valence electrons. The number of nitrogens with two attached hydrogens (primary N) is 1. The van der Waals surface area contributed by atoms with Crippen molar-refractivity contribution >= 4 is 40.1 Å². The summed E-state index contributed by atoms with van der Waals surface area (Å²) in [5.74, 6) is 0.829. The monoisotopic (exact) mass is 404 g/mol. The Morgan fingerprint density at radius 1 is 1.07 bits per heavy atom. The molecule has 7 nitrogen and oxygen atoms in total. The van der Waals surface area contributed by atoms with Gasteiger partial charge in [-0.15, -0.1) is 0 Å². The zero-order valence-electron chi connectivity index (χ0n) is 16.4. The first kappa shape index (κ1) is 17.8. The van der Waals surface area contributed by atoms with Crippen LogP contribution in [0.4, 0.5) is 17.2 Å². The van der Waals surface area contributed by atoms with Crippen molar-refractivity contribution in [2.45, 2.75) is 30.2 Å². The van der Waals surface area contributed by atoms with Gasteiger partial charge >= 0.3 is 5.69 Å². The topological polar surface area (TPSA) is 92.8 Å².